The van der Waals surface area contributed by atoms with Crippen molar-refractivity contribution in [1.29, 1.82) is 5.26 Å². The number of nitriles is 1. The fourth-order valence-corrected chi connectivity index (χ4v) is 4.82. The molecule has 1 fully saturated rings. The van der Waals surface area contributed by atoms with Crippen molar-refractivity contribution in [3.63, 3.8) is 0 Å². The number of nitrogens with one attached hydrogen (secondary N) is 1. The van der Waals surface area contributed by atoms with Gasteiger partial charge in [0, 0.05) is 11.3 Å². The Kier molecular flexibility index (Phi) is 6.93. The second-order valence-corrected chi connectivity index (χ2v) is 9.01. The van der Waals surface area contributed by atoms with Crippen LogP contribution >= 0.6 is 35.7 Å². The first-order chi connectivity index (χ1) is 14.6. The Hall–Kier alpha value is -2.55. The van der Waals surface area contributed by atoms with Gasteiger partial charge >= 0.3 is 6.18 Å². The third-order valence-electron chi connectivity index (χ3n) is 4.19. The van der Waals surface area contributed by atoms with Gasteiger partial charge in [0.25, 0.3) is 5.91 Å². The van der Waals surface area contributed by atoms with Crippen molar-refractivity contribution in [2.75, 3.05) is 7.11 Å². The average molecular weight is 482 g/mol. The summed E-state index contributed by atoms with van der Waals surface area (Å²) in [6.45, 7) is 1.45. The fourth-order valence-electron chi connectivity index (χ4n) is 2.75. The Morgan fingerprint density at radius 1 is 1.39 bits per heavy atom. The number of halogens is 3. The number of thioether (sulfide) groups is 2. The Bertz CT molecular complexity index is 1140. The highest BCUT2D eigenvalue weighted by Crippen LogP contribution is 2.35. The van der Waals surface area contributed by atoms with Crippen LogP contribution in [0.5, 0.6) is 5.75 Å². The zero-order valence-electron chi connectivity index (χ0n) is 16.2. The molecule has 0 bridgehead atoms. The molecule has 5 nitrogen and oxygen atoms in total. The molecule has 0 aliphatic carbocycles. The molecule has 0 saturated carbocycles. The molecule has 31 heavy (non-hydrogen) atoms. The molecule has 0 atom stereocenters. The van der Waals surface area contributed by atoms with Crippen LogP contribution in [-0.4, -0.2) is 22.3 Å². The first-order valence-electron chi connectivity index (χ1n) is 8.66. The lowest BCUT2D eigenvalue weighted by Crippen LogP contribution is -2.17. The van der Waals surface area contributed by atoms with Crippen molar-refractivity contribution in [2.45, 2.75) is 23.9 Å². The van der Waals surface area contributed by atoms with Crippen LogP contribution in [-0.2, 0) is 16.7 Å². The molecule has 2 aromatic rings. The van der Waals surface area contributed by atoms with Crippen LogP contribution in [0.4, 0.5) is 13.2 Å². The quantitative estimate of drug-likeness (QED) is 0.363. The van der Waals surface area contributed by atoms with Crippen molar-refractivity contribution in [3.8, 4) is 11.8 Å². The summed E-state index contributed by atoms with van der Waals surface area (Å²) in [5.41, 5.74) is 0.638. The first-order valence-corrected chi connectivity index (χ1v) is 10.9. The zero-order chi connectivity index (χ0) is 22.8. The van der Waals surface area contributed by atoms with Gasteiger partial charge in [-0.1, -0.05) is 30.0 Å². The van der Waals surface area contributed by atoms with Gasteiger partial charge in [-0.3, -0.25) is 4.79 Å². The van der Waals surface area contributed by atoms with Crippen molar-refractivity contribution < 1.29 is 22.7 Å². The van der Waals surface area contributed by atoms with Crippen LogP contribution < -0.4 is 10.1 Å². The van der Waals surface area contributed by atoms with E-state index in [9.17, 15) is 23.2 Å². The van der Waals surface area contributed by atoms with Gasteiger partial charge in [-0.15, -0.1) is 11.8 Å². The van der Waals surface area contributed by atoms with Gasteiger partial charge in [-0.2, -0.15) is 18.4 Å². The first kappa shape index (κ1) is 23.1. The van der Waals surface area contributed by atoms with E-state index in [0.29, 0.717) is 26.1 Å². The second-order valence-electron chi connectivity index (χ2n) is 6.33. The molecule has 0 unspecified atom stereocenters. The molecule has 1 aromatic carbocycles. The Labute approximate surface area is 190 Å². The van der Waals surface area contributed by atoms with Gasteiger partial charge in [0.2, 0.25) is 0 Å². The van der Waals surface area contributed by atoms with Crippen molar-refractivity contribution in [1.82, 2.24) is 10.3 Å². The molecule has 0 radical (unpaired) electrons. The maximum atomic E-state index is 13.1. The minimum absolute atomic E-state index is 0.00305. The molecular weight excluding hydrogens is 467 g/mol. The molecule has 1 aromatic heterocycles. The lowest BCUT2D eigenvalue weighted by Gasteiger charge is -2.13. The van der Waals surface area contributed by atoms with Crippen LogP contribution in [0.2, 0.25) is 0 Å². The molecule has 1 amide bonds. The number of amides is 1. The third kappa shape index (κ3) is 5.39. The number of alkyl halides is 3. The molecule has 160 valence electrons. The summed E-state index contributed by atoms with van der Waals surface area (Å²) in [5.74, 6) is 0.445. The van der Waals surface area contributed by atoms with Gasteiger partial charge in [-0.05, 0) is 42.3 Å². The number of thiocarbonyl (C=S) groups is 1. The van der Waals surface area contributed by atoms with Crippen LogP contribution in [0.15, 0.2) is 34.2 Å². The number of rotatable bonds is 5. The number of ether oxygens (including phenoxy) is 1. The van der Waals surface area contributed by atoms with E-state index in [1.807, 2.05) is 6.07 Å². The third-order valence-corrected chi connectivity index (χ3v) is 6.38. The highest BCUT2D eigenvalue weighted by molar-refractivity contribution is 8.26. The maximum Gasteiger partial charge on any atom is 0.433 e. The number of carbonyl (C=O) groups is 1. The summed E-state index contributed by atoms with van der Waals surface area (Å²) in [4.78, 5) is 16.0. The number of aryl methyl sites for hydroxylation is 1. The van der Waals surface area contributed by atoms with E-state index in [1.54, 1.807) is 24.3 Å². The van der Waals surface area contributed by atoms with Gasteiger partial charge in [-0.25, -0.2) is 4.98 Å². The molecule has 1 N–H and O–H groups in total. The monoisotopic (exact) mass is 481 g/mol. The predicted molar refractivity (Wildman–Crippen MR) is 118 cm³/mol. The Balaban J connectivity index is 1.92. The molecule has 1 aliphatic heterocycles. The molecule has 11 heteroatoms. The van der Waals surface area contributed by atoms with Crippen LogP contribution in [0.1, 0.15) is 27.9 Å². The lowest BCUT2D eigenvalue weighted by atomic mass is 10.1. The summed E-state index contributed by atoms with van der Waals surface area (Å²) in [5, 5.41) is 11.9. The maximum absolute atomic E-state index is 13.1. The number of pyridine rings is 1. The molecule has 1 saturated heterocycles. The van der Waals surface area contributed by atoms with Crippen molar-refractivity contribution in [3.05, 3.63) is 57.1 Å². The van der Waals surface area contributed by atoms with Gasteiger partial charge in [0.05, 0.1) is 17.6 Å². The number of hydrogen-bond acceptors (Lipinski definition) is 7. The van der Waals surface area contributed by atoms with E-state index in [0.717, 1.165) is 29.6 Å². The zero-order valence-corrected chi connectivity index (χ0v) is 18.6. The fraction of sp³-hybridized carbons (Fsp3) is 0.200. The standard InChI is InChI=1S/C20H14F3N3O2S3/c1-10-5-16(20(21,22)23)25-18(13(10)8-24)30-9-12-6-11(3-4-14(12)28-2)7-15-17(27)26-19(29)31-15/h3-7H,9H2,1-2H3,(H,26,27,29). The molecule has 0 spiro atoms. The van der Waals surface area contributed by atoms with Crippen LogP contribution in [0.3, 0.4) is 0 Å². The summed E-state index contributed by atoms with van der Waals surface area (Å²) in [7, 11) is 1.48. The summed E-state index contributed by atoms with van der Waals surface area (Å²) in [6.07, 6.45) is -2.95. The number of aromatic nitrogens is 1. The van der Waals surface area contributed by atoms with Crippen LogP contribution in [0.25, 0.3) is 6.08 Å². The Morgan fingerprint density at radius 3 is 2.71 bits per heavy atom. The molecule has 3 rings (SSSR count). The second kappa shape index (κ2) is 9.30. The van der Waals surface area contributed by atoms with Gasteiger partial charge in [0.1, 0.15) is 26.9 Å². The van der Waals surface area contributed by atoms with E-state index in [2.05, 4.69) is 10.3 Å². The number of carbonyl (C=O) groups excluding carboxylic acids is 1. The largest absolute Gasteiger partial charge is 0.496 e. The van der Waals surface area contributed by atoms with E-state index >= 15 is 0 Å². The van der Waals surface area contributed by atoms with Crippen LogP contribution in [0, 0.1) is 18.3 Å². The number of hydrogen-bond donors (Lipinski definition) is 1. The number of benzene rings is 1. The van der Waals surface area contributed by atoms with Crippen molar-refractivity contribution >= 4 is 52.0 Å². The number of methoxy groups -OCH3 is 1. The van der Waals surface area contributed by atoms with E-state index in [-0.39, 0.29) is 27.8 Å². The van der Waals surface area contributed by atoms with E-state index < -0.39 is 11.9 Å². The topological polar surface area (TPSA) is 75.0 Å². The minimum Gasteiger partial charge on any atom is -0.496 e. The highest BCUT2D eigenvalue weighted by atomic mass is 32.2. The molecule has 1 aliphatic rings. The average Bonchev–Trinajstić information content (AvgIpc) is 3.02. The normalized spacial score (nSPS) is 15.2. The van der Waals surface area contributed by atoms with E-state index in [1.165, 1.54) is 14.0 Å². The predicted octanol–water partition coefficient (Wildman–Crippen LogP) is 5.07. The SMILES string of the molecule is COc1ccc(C=C2SC(=S)NC2=O)cc1CSc1nc(C(F)(F)F)cc(C)c1C#N. The summed E-state index contributed by atoms with van der Waals surface area (Å²) in [6, 6.07) is 8.01. The molecule has 2 heterocycles. The van der Waals surface area contributed by atoms with Crippen molar-refractivity contribution in [2.24, 2.45) is 0 Å². The minimum atomic E-state index is -4.61. The number of nitrogens with zero attached hydrogens (tertiary/aromatic N) is 2. The summed E-state index contributed by atoms with van der Waals surface area (Å²) < 4.78 is 45.2. The van der Waals surface area contributed by atoms with E-state index in [4.69, 9.17) is 17.0 Å². The Morgan fingerprint density at radius 2 is 2.13 bits per heavy atom. The summed E-state index contributed by atoms with van der Waals surface area (Å²) >= 11 is 7.13. The lowest BCUT2D eigenvalue weighted by molar-refractivity contribution is -0.141. The molecular formula is C20H14F3N3O2S3. The highest BCUT2D eigenvalue weighted by Gasteiger charge is 2.34. The van der Waals surface area contributed by atoms with Gasteiger partial charge < -0.3 is 10.1 Å². The van der Waals surface area contributed by atoms with Gasteiger partial charge in [0.15, 0.2) is 0 Å². The smallest absolute Gasteiger partial charge is 0.433 e.